The molecule has 92 valence electrons. The molecule has 0 aliphatic carbocycles. The Morgan fingerprint density at radius 2 is 2.06 bits per heavy atom. The van der Waals surface area contributed by atoms with Crippen molar-refractivity contribution in [3.8, 4) is 11.3 Å². The van der Waals surface area contributed by atoms with Crippen LogP contribution in [0.3, 0.4) is 0 Å². The number of nitrogens with zero attached hydrogens (tertiary/aromatic N) is 2. The van der Waals surface area contributed by atoms with Crippen LogP contribution in [0.15, 0.2) is 42.5 Å². The largest absolute Gasteiger partial charge is 0.366 e. The van der Waals surface area contributed by atoms with Gasteiger partial charge in [0, 0.05) is 17.3 Å². The predicted octanol–water partition coefficient (Wildman–Crippen LogP) is 2.07. The molecule has 0 aliphatic heterocycles. The summed E-state index contributed by atoms with van der Waals surface area (Å²) in [6.07, 6.45) is 1.23. The highest BCUT2D eigenvalue weighted by Gasteiger charge is 2.08. The zero-order chi connectivity index (χ0) is 13.1. The number of aryl methyl sites for hydroxylation is 1. The van der Waals surface area contributed by atoms with Crippen molar-refractivity contribution in [1.29, 1.82) is 0 Å². The van der Waals surface area contributed by atoms with Crippen LogP contribution in [0.1, 0.15) is 5.69 Å². The molecule has 0 fully saturated rings. The van der Waals surface area contributed by atoms with Crippen molar-refractivity contribution in [1.82, 2.24) is 9.78 Å². The van der Waals surface area contributed by atoms with E-state index in [2.05, 4.69) is 17.7 Å². The fourth-order valence-corrected chi connectivity index (χ4v) is 1.97. The number of nitrogens with two attached hydrogens (primary N) is 1. The van der Waals surface area contributed by atoms with Gasteiger partial charge in [0.15, 0.2) is 0 Å². The maximum atomic E-state index is 10.8. The van der Waals surface area contributed by atoms with E-state index in [1.54, 1.807) is 4.68 Å². The average molecular weight is 259 g/mol. The Kier molecular flexibility index (Phi) is 3.53. The molecule has 0 unspecified atom stereocenters. The fraction of sp³-hybridized carbons (Fsp3) is 0.0769. The summed E-state index contributed by atoms with van der Waals surface area (Å²) < 4.78 is 1.58. The Morgan fingerprint density at radius 3 is 2.67 bits per heavy atom. The predicted molar refractivity (Wildman–Crippen MR) is 74.9 cm³/mol. The fourth-order valence-electron chi connectivity index (χ4n) is 1.64. The molecule has 0 bridgehead atoms. The minimum absolute atomic E-state index is 0.405. The highest BCUT2D eigenvalue weighted by molar-refractivity contribution is 7.90. The molecule has 0 atom stereocenters. The van der Waals surface area contributed by atoms with Crippen LogP contribution in [0.5, 0.6) is 0 Å². The Morgan fingerprint density at radius 1 is 1.39 bits per heavy atom. The first-order chi connectivity index (χ1) is 8.58. The minimum Gasteiger partial charge on any atom is -0.366 e. The van der Waals surface area contributed by atoms with Gasteiger partial charge in [-0.3, -0.25) is 4.79 Å². The van der Waals surface area contributed by atoms with E-state index in [1.165, 1.54) is 6.08 Å². The summed E-state index contributed by atoms with van der Waals surface area (Å²) in [5.74, 6) is -0.545. The molecule has 0 spiro atoms. The van der Waals surface area contributed by atoms with Gasteiger partial charge in [0.05, 0.1) is 5.69 Å². The molecule has 0 saturated heterocycles. The third kappa shape index (κ3) is 2.62. The molecule has 1 aromatic carbocycles. The van der Waals surface area contributed by atoms with Crippen molar-refractivity contribution < 1.29 is 4.79 Å². The topological polar surface area (TPSA) is 60.9 Å². The van der Waals surface area contributed by atoms with Crippen LogP contribution in [0.25, 0.3) is 16.3 Å². The van der Waals surface area contributed by atoms with Gasteiger partial charge in [-0.15, -0.1) is 12.6 Å². The second-order valence-electron chi connectivity index (χ2n) is 3.85. The van der Waals surface area contributed by atoms with Gasteiger partial charge in [0.2, 0.25) is 5.91 Å². The maximum absolute atomic E-state index is 10.8. The van der Waals surface area contributed by atoms with E-state index in [0.717, 1.165) is 17.0 Å². The SMILES string of the molecule is Cc1cc(-c2ccccc2)nn1/C(S)=C/C(N)=O. The molecule has 1 amide bonds. The summed E-state index contributed by atoms with van der Waals surface area (Å²) in [4.78, 5) is 10.8. The normalized spacial score (nSPS) is 11.6. The standard InChI is InChI=1S/C13H13N3OS/c1-9-7-11(10-5-3-2-4-6-10)15-16(9)13(18)8-12(14)17/h2-8,18H,1H3,(H2,14,17)/b13-8-. The van der Waals surface area contributed by atoms with Crippen molar-refractivity contribution in [3.05, 3.63) is 48.2 Å². The molecule has 2 N–H and O–H groups in total. The number of thiol groups is 1. The van der Waals surface area contributed by atoms with Crippen LogP contribution in [-0.4, -0.2) is 15.7 Å². The third-order valence-electron chi connectivity index (χ3n) is 2.45. The first-order valence-corrected chi connectivity index (χ1v) is 5.85. The highest BCUT2D eigenvalue weighted by Crippen LogP contribution is 2.21. The number of rotatable bonds is 3. The molecule has 1 aromatic heterocycles. The second kappa shape index (κ2) is 5.10. The summed E-state index contributed by atoms with van der Waals surface area (Å²) in [7, 11) is 0. The summed E-state index contributed by atoms with van der Waals surface area (Å²) in [5, 5.41) is 4.80. The second-order valence-corrected chi connectivity index (χ2v) is 4.31. The van der Waals surface area contributed by atoms with Crippen molar-refractivity contribution in [3.63, 3.8) is 0 Å². The van der Waals surface area contributed by atoms with Gasteiger partial charge in [-0.2, -0.15) is 5.10 Å². The molecule has 2 aromatic rings. The highest BCUT2D eigenvalue weighted by atomic mass is 32.1. The Bertz CT molecular complexity index is 602. The van der Waals surface area contributed by atoms with E-state index >= 15 is 0 Å². The number of carbonyl (C=O) groups excluding carboxylic acids is 1. The van der Waals surface area contributed by atoms with E-state index in [0.29, 0.717) is 5.03 Å². The average Bonchev–Trinajstić information content (AvgIpc) is 2.72. The third-order valence-corrected chi connectivity index (χ3v) is 2.76. The number of primary amides is 1. The number of benzene rings is 1. The molecule has 5 heteroatoms. The lowest BCUT2D eigenvalue weighted by Crippen LogP contribution is -2.08. The lowest BCUT2D eigenvalue weighted by Gasteiger charge is -2.01. The van der Waals surface area contributed by atoms with Crippen LogP contribution in [0.4, 0.5) is 0 Å². The monoisotopic (exact) mass is 259 g/mol. The van der Waals surface area contributed by atoms with Crippen molar-refractivity contribution >= 4 is 23.6 Å². The van der Waals surface area contributed by atoms with E-state index in [9.17, 15) is 4.79 Å². The summed E-state index contributed by atoms with van der Waals surface area (Å²) in [6, 6.07) is 11.7. The number of hydrogen-bond acceptors (Lipinski definition) is 3. The zero-order valence-electron chi connectivity index (χ0n) is 9.87. The van der Waals surface area contributed by atoms with E-state index in [1.807, 2.05) is 43.3 Å². The molecular weight excluding hydrogens is 246 g/mol. The number of hydrogen-bond donors (Lipinski definition) is 2. The van der Waals surface area contributed by atoms with Gasteiger partial charge in [-0.25, -0.2) is 4.68 Å². The number of amides is 1. The van der Waals surface area contributed by atoms with Crippen LogP contribution in [-0.2, 0) is 4.79 Å². The van der Waals surface area contributed by atoms with Crippen LogP contribution >= 0.6 is 12.6 Å². The van der Waals surface area contributed by atoms with E-state index in [4.69, 9.17) is 5.73 Å². The van der Waals surface area contributed by atoms with Gasteiger partial charge in [0.1, 0.15) is 5.03 Å². The molecule has 1 heterocycles. The number of aromatic nitrogens is 2. The first-order valence-electron chi connectivity index (χ1n) is 5.40. The number of carbonyl (C=O) groups is 1. The molecule has 18 heavy (non-hydrogen) atoms. The Balaban J connectivity index is 2.42. The lowest BCUT2D eigenvalue weighted by molar-refractivity contribution is -0.113. The van der Waals surface area contributed by atoms with Crippen LogP contribution in [0, 0.1) is 6.92 Å². The maximum Gasteiger partial charge on any atom is 0.244 e. The molecule has 0 aliphatic rings. The smallest absolute Gasteiger partial charge is 0.244 e. The molecule has 2 rings (SSSR count). The minimum atomic E-state index is -0.545. The zero-order valence-corrected chi connectivity index (χ0v) is 10.8. The van der Waals surface area contributed by atoms with Crippen molar-refractivity contribution in [2.24, 2.45) is 5.73 Å². The van der Waals surface area contributed by atoms with Gasteiger partial charge >= 0.3 is 0 Å². The first kappa shape index (κ1) is 12.4. The lowest BCUT2D eigenvalue weighted by atomic mass is 10.1. The molecular formula is C13H13N3OS. The van der Waals surface area contributed by atoms with Crippen LogP contribution < -0.4 is 5.73 Å². The molecule has 0 radical (unpaired) electrons. The van der Waals surface area contributed by atoms with Crippen molar-refractivity contribution in [2.45, 2.75) is 6.92 Å². The Labute approximate surface area is 111 Å². The molecule has 4 nitrogen and oxygen atoms in total. The van der Waals surface area contributed by atoms with Gasteiger partial charge in [-0.05, 0) is 13.0 Å². The summed E-state index contributed by atoms with van der Waals surface area (Å²) in [5.41, 5.74) is 7.82. The summed E-state index contributed by atoms with van der Waals surface area (Å²) in [6.45, 7) is 1.89. The van der Waals surface area contributed by atoms with Gasteiger partial charge in [0.25, 0.3) is 0 Å². The molecule has 0 saturated carbocycles. The van der Waals surface area contributed by atoms with E-state index < -0.39 is 5.91 Å². The quantitative estimate of drug-likeness (QED) is 0.655. The Hall–Kier alpha value is -2.01. The van der Waals surface area contributed by atoms with Gasteiger partial charge < -0.3 is 5.73 Å². The van der Waals surface area contributed by atoms with Gasteiger partial charge in [-0.1, -0.05) is 30.3 Å². The van der Waals surface area contributed by atoms with Crippen molar-refractivity contribution in [2.75, 3.05) is 0 Å². The van der Waals surface area contributed by atoms with E-state index in [-0.39, 0.29) is 0 Å². The summed E-state index contributed by atoms with van der Waals surface area (Å²) >= 11 is 4.22. The van der Waals surface area contributed by atoms with Crippen LogP contribution in [0.2, 0.25) is 0 Å².